The number of rotatable bonds is 2. The van der Waals surface area contributed by atoms with Crippen LogP contribution in [0.3, 0.4) is 0 Å². The molecular weight excluding hydrogens is 328 g/mol. The van der Waals surface area contributed by atoms with Gasteiger partial charge in [-0.3, -0.25) is 14.3 Å². The first-order valence-corrected chi connectivity index (χ1v) is 8.20. The van der Waals surface area contributed by atoms with Gasteiger partial charge in [-0.05, 0) is 26.0 Å². The number of halogens is 1. The molecule has 2 amide bonds. The van der Waals surface area contributed by atoms with Crippen molar-refractivity contribution in [1.82, 2.24) is 9.78 Å². The lowest BCUT2D eigenvalue weighted by molar-refractivity contribution is -0.118. The Morgan fingerprint density at radius 1 is 1.25 bits per heavy atom. The summed E-state index contributed by atoms with van der Waals surface area (Å²) in [6.45, 7) is 4.20. The van der Waals surface area contributed by atoms with Crippen molar-refractivity contribution in [3.05, 3.63) is 41.2 Å². The summed E-state index contributed by atoms with van der Waals surface area (Å²) in [6.07, 6.45) is 1.75. The van der Waals surface area contributed by atoms with Crippen molar-refractivity contribution in [3.63, 3.8) is 0 Å². The number of carbonyl (C=O) groups is 2. The van der Waals surface area contributed by atoms with Crippen LogP contribution in [0.25, 0.3) is 0 Å². The number of para-hydroxylation sites is 2. The normalized spacial score (nSPS) is 14.8. The molecule has 0 radical (unpaired) electrons. The van der Waals surface area contributed by atoms with E-state index in [2.05, 4.69) is 5.10 Å². The van der Waals surface area contributed by atoms with Crippen molar-refractivity contribution in [2.75, 3.05) is 23.4 Å². The van der Waals surface area contributed by atoms with E-state index in [-0.39, 0.29) is 24.3 Å². The van der Waals surface area contributed by atoms with E-state index in [1.54, 1.807) is 21.5 Å². The fourth-order valence-corrected chi connectivity index (χ4v) is 3.18. The number of amides is 2. The monoisotopic (exact) mass is 346 g/mol. The van der Waals surface area contributed by atoms with E-state index in [9.17, 15) is 9.59 Å². The van der Waals surface area contributed by atoms with Gasteiger partial charge in [-0.25, -0.2) is 0 Å². The number of benzene rings is 1. The summed E-state index contributed by atoms with van der Waals surface area (Å²) in [7, 11) is 1.72. The molecular formula is C17H19ClN4O2. The minimum absolute atomic E-state index is 0.0262. The Balaban J connectivity index is 2.04. The molecule has 0 saturated heterocycles. The van der Waals surface area contributed by atoms with E-state index < -0.39 is 0 Å². The second kappa shape index (κ2) is 6.28. The Kier molecular flexibility index (Phi) is 4.32. The molecule has 0 atom stereocenters. The zero-order chi connectivity index (χ0) is 17.4. The van der Waals surface area contributed by atoms with Crippen molar-refractivity contribution >= 4 is 34.8 Å². The zero-order valence-electron chi connectivity index (χ0n) is 13.9. The first kappa shape index (κ1) is 16.5. The lowest BCUT2D eigenvalue weighted by Gasteiger charge is -2.23. The number of carbonyl (C=O) groups excluding carboxylic acids is 2. The summed E-state index contributed by atoms with van der Waals surface area (Å²) in [4.78, 5) is 28.4. The van der Waals surface area contributed by atoms with Gasteiger partial charge in [0.1, 0.15) is 5.15 Å². The second-order valence-corrected chi connectivity index (χ2v) is 6.39. The molecule has 24 heavy (non-hydrogen) atoms. The highest BCUT2D eigenvalue weighted by Gasteiger charge is 2.30. The maximum Gasteiger partial charge on any atom is 0.263 e. The predicted molar refractivity (Wildman–Crippen MR) is 93.8 cm³/mol. The van der Waals surface area contributed by atoms with Gasteiger partial charge >= 0.3 is 0 Å². The SMILES string of the molecule is CC(C)n1ncc(C(=O)N2CCC(=O)N(C)c3ccccc32)c1Cl. The van der Waals surface area contributed by atoms with Crippen LogP contribution in [0.2, 0.25) is 5.15 Å². The third-order valence-electron chi connectivity index (χ3n) is 4.16. The van der Waals surface area contributed by atoms with Gasteiger partial charge in [0.25, 0.3) is 5.91 Å². The number of nitrogens with zero attached hydrogens (tertiary/aromatic N) is 4. The number of aromatic nitrogens is 2. The minimum Gasteiger partial charge on any atom is -0.313 e. The number of hydrogen-bond acceptors (Lipinski definition) is 3. The maximum atomic E-state index is 13.0. The number of anilines is 2. The van der Waals surface area contributed by atoms with E-state index >= 15 is 0 Å². The van der Waals surface area contributed by atoms with Gasteiger partial charge in [-0.1, -0.05) is 23.7 Å². The topological polar surface area (TPSA) is 58.4 Å². The summed E-state index contributed by atoms with van der Waals surface area (Å²) < 4.78 is 1.61. The predicted octanol–water partition coefficient (Wildman–Crippen LogP) is 3.13. The summed E-state index contributed by atoms with van der Waals surface area (Å²) in [5, 5.41) is 4.52. The zero-order valence-corrected chi connectivity index (χ0v) is 14.6. The fraction of sp³-hybridized carbons (Fsp3) is 0.353. The highest BCUT2D eigenvalue weighted by molar-refractivity contribution is 6.33. The van der Waals surface area contributed by atoms with Crippen LogP contribution in [0, 0.1) is 0 Å². The highest BCUT2D eigenvalue weighted by Crippen LogP contribution is 2.33. The van der Waals surface area contributed by atoms with Crippen molar-refractivity contribution in [1.29, 1.82) is 0 Å². The average molecular weight is 347 g/mol. The molecule has 1 aliphatic heterocycles. The van der Waals surface area contributed by atoms with Gasteiger partial charge < -0.3 is 9.80 Å². The highest BCUT2D eigenvalue weighted by atomic mass is 35.5. The first-order valence-electron chi connectivity index (χ1n) is 7.82. The summed E-state index contributed by atoms with van der Waals surface area (Å²) >= 11 is 6.33. The lowest BCUT2D eigenvalue weighted by Crippen LogP contribution is -2.32. The van der Waals surface area contributed by atoms with E-state index in [0.29, 0.717) is 28.6 Å². The van der Waals surface area contributed by atoms with Crippen LogP contribution in [0.1, 0.15) is 36.7 Å². The number of hydrogen-bond donors (Lipinski definition) is 0. The largest absolute Gasteiger partial charge is 0.313 e. The smallest absolute Gasteiger partial charge is 0.263 e. The molecule has 0 aliphatic carbocycles. The van der Waals surface area contributed by atoms with Crippen molar-refractivity contribution < 1.29 is 9.59 Å². The summed E-state index contributed by atoms with van der Waals surface area (Å²) in [6, 6.07) is 7.42. The van der Waals surface area contributed by atoms with Crippen LogP contribution < -0.4 is 9.80 Å². The molecule has 0 bridgehead atoms. The Morgan fingerprint density at radius 3 is 2.54 bits per heavy atom. The van der Waals surface area contributed by atoms with Gasteiger partial charge in [0, 0.05) is 26.1 Å². The van der Waals surface area contributed by atoms with Crippen LogP contribution in [0.5, 0.6) is 0 Å². The van der Waals surface area contributed by atoms with Crippen LogP contribution in [0.15, 0.2) is 30.5 Å². The number of fused-ring (bicyclic) bond motifs is 1. The van der Waals surface area contributed by atoms with Crippen molar-refractivity contribution in [2.45, 2.75) is 26.3 Å². The molecule has 2 heterocycles. The van der Waals surface area contributed by atoms with Crippen LogP contribution in [0.4, 0.5) is 11.4 Å². The molecule has 0 fully saturated rings. The lowest BCUT2D eigenvalue weighted by atomic mass is 10.2. The quantitative estimate of drug-likeness (QED) is 0.839. The minimum atomic E-state index is -0.248. The standard InChI is InChI=1S/C17H19ClN4O2/c1-11(2)22-16(18)12(10-19-22)17(24)21-9-8-15(23)20(3)13-6-4-5-7-14(13)21/h4-7,10-11H,8-9H2,1-3H3. The third-order valence-corrected chi connectivity index (χ3v) is 4.53. The molecule has 6 nitrogen and oxygen atoms in total. The maximum absolute atomic E-state index is 13.0. The summed E-state index contributed by atoms with van der Waals surface area (Å²) in [5.41, 5.74) is 1.75. The molecule has 0 unspecified atom stereocenters. The molecule has 1 aliphatic rings. The van der Waals surface area contributed by atoms with Gasteiger partial charge in [-0.2, -0.15) is 5.10 Å². The Hall–Kier alpha value is -2.34. The molecule has 7 heteroatoms. The molecule has 3 rings (SSSR count). The molecule has 2 aromatic rings. The Labute approximate surface area is 145 Å². The van der Waals surface area contributed by atoms with E-state index in [0.717, 1.165) is 0 Å². The second-order valence-electron chi connectivity index (χ2n) is 6.04. The summed E-state index contributed by atoms with van der Waals surface area (Å²) in [5.74, 6) is -0.274. The third kappa shape index (κ3) is 2.67. The van der Waals surface area contributed by atoms with Crippen LogP contribution in [-0.2, 0) is 4.79 Å². The fourth-order valence-electron chi connectivity index (χ4n) is 2.81. The van der Waals surface area contributed by atoms with Crippen molar-refractivity contribution in [3.8, 4) is 0 Å². The van der Waals surface area contributed by atoms with Crippen molar-refractivity contribution in [2.24, 2.45) is 0 Å². The van der Waals surface area contributed by atoms with Gasteiger partial charge in [0.05, 0.1) is 23.1 Å². The average Bonchev–Trinajstić information content (AvgIpc) is 2.90. The molecule has 0 saturated carbocycles. The Bertz CT molecular complexity index is 800. The van der Waals surface area contributed by atoms with E-state index in [1.165, 1.54) is 6.20 Å². The molecule has 1 aromatic carbocycles. The van der Waals surface area contributed by atoms with Gasteiger partial charge in [0.15, 0.2) is 0 Å². The molecule has 1 aromatic heterocycles. The van der Waals surface area contributed by atoms with E-state index in [1.807, 2.05) is 38.1 Å². The van der Waals surface area contributed by atoms with Gasteiger partial charge in [-0.15, -0.1) is 0 Å². The molecule has 126 valence electrons. The Morgan fingerprint density at radius 2 is 1.92 bits per heavy atom. The van der Waals surface area contributed by atoms with Crippen LogP contribution >= 0.6 is 11.6 Å². The first-order chi connectivity index (χ1) is 11.4. The molecule has 0 spiro atoms. The molecule has 0 N–H and O–H groups in total. The van der Waals surface area contributed by atoms with Crippen LogP contribution in [-0.4, -0.2) is 35.2 Å². The van der Waals surface area contributed by atoms with E-state index in [4.69, 9.17) is 11.6 Å². The van der Waals surface area contributed by atoms with Gasteiger partial charge in [0.2, 0.25) is 5.91 Å².